The van der Waals surface area contributed by atoms with Crippen molar-refractivity contribution < 1.29 is 9.18 Å². The van der Waals surface area contributed by atoms with Crippen LogP contribution in [-0.2, 0) is 4.79 Å². The Morgan fingerprint density at radius 1 is 1.57 bits per heavy atom. The van der Waals surface area contributed by atoms with Crippen molar-refractivity contribution >= 4 is 11.7 Å². The van der Waals surface area contributed by atoms with Crippen molar-refractivity contribution in [1.29, 1.82) is 0 Å². The molecule has 1 amide bonds. The average Bonchev–Trinajstić information content (AvgIpc) is 2.17. The molecule has 0 fully saturated rings. The molecule has 1 rings (SSSR count). The number of carbonyl (C=O) groups excluding carboxylic acids is 1. The van der Waals surface area contributed by atoms with Crippen LogP contribution in [-0.4, -0.2) is 24.0 Å². The highest BCUT2D eigenvalue weighted by atomic mass is 19.1. The number of amides is 1. The molecule has 4 nitrogen and oxygen atoms in total. The van der Waals surface area contributed by atoms with Crippen molar-refractivity contribution in [3.63, 3.8) is 0 Å². The highest BCUT2D eigenvalue weighted by Crippen LogP contribution is 2.02. The summed E-state index contributed by atoms with van der Waals surface area (Å²) < 4.78 is 12.4. The molecule has 0 bridgehead atoms. The summed E-state index contributed by atoms with van der Waals surface area (Å²) in [6, 6.07) is 2.77. The smallest absolute Gasteiger partial charge is 0.239 e. The quantitative estimate of drug-likeness (QED) is 0.749. The van der Waals surface area contributed by atoms with Crippen LogP contribution < -0.4 is 10.6 Å². The monoisotopic (exact) mass is 197 g/mol. The van der Waals surface area contributed by atoms with Gasteiger partial charge in [-0.25, -0.2) is 9.37 Å². The number of likely N-dealkylation sites (N-methyl/N-ethyl adjacent to an activating group) is 1. The maximum Gasteiger partial charge on any atom is 0.239 e. The van der Waals surface area contributed by atoms with Gasteiger partial charge < -0.3 is 10.6 Å². The molecule has 0 aliphatic heterocycles. The zero-order valence-electron chi connectivity index (χ0n) is 7.88. The standard InChI is InChI=1S/C9H12FN3O/c1-2-11-9(14)6-13-8-4-3-7(10)5-12-8/h3-5H,2,6H2,1H3,(H,11,14)(H,12,13). The summed E-state index contributed by atoms with van der Waals surface area (Å²) in [5.41, 5.74) is 0. The zero-order valence-corrected chi connectivity index (χ0v) is 7.88. The van der Waals surface area contributed by atoms with E-state index in [-0.39, 0.29) is 12.5 Å². The molecule has 0 aliphatic rings. The van der Waals surface area contributed by atoms with Gasteiger partial charge >= 0.3 is 0 Å². The Balaban J connectivity index is 2.38. The Bertz CT molecular complexity index is 299. The Morgan fingerprint density at radius 2 is 2.36 bits per heavy atom. The lowest BCUT2D eigenvalue weighted by atomic mass is 10.4. The molecule has 0 unspecified atom stereocenters. The Hall–Kier alpha value is -1.65. The molecule has 0 aliphatic carbocycles. The third-order valence-electron chi connectivity index (χ3n) is 1.53. The molecule has 1 aromatic heterocycles. The second-order valence-electron chi connectivity index (χ2n) is 2.67. The van der Waals surface area contributed by atoms with E-state index < -0.39 is 5.82 Å². The lowest BCUT2D eigenvalue weighted by Gasteiger charge is -2.04. The van der Waals surface area contributed by atoms with Crippen molar-refractivity contribution in [3.8, 4) is 0 Å². The normalized spacial score (nSPS) is 9.57. The average molecular weight is 197 g/mol. The summed E-state index contributed by atoms with van der Waals surface area (Å²) in [5.74, 6) is -0.0233. The Morgan fingerprint density at radius 3 is 2.93 bits per heavy atom. The van der Waals surface area contributed by atoms with Crippen LogP contribution in [0.2, 0.25) is 0 Å². The second kappa shape index (κ2) is 5.16. The van der Waals surface area contributed by atoms with E-state index in [1.807, 2.05) is 6.92 Å². The minimum Gasteiger partial charge on any atom is -0.361 e. The summed E-state index contributed by atoms with van der Waals surface area (Å²) in [6.07, 6.45) is 1.10. The molecule has 0 radical (unpaired) electrons. The van der Waals surface area contributed by atoms with Gasteiger partial charge in [-0.1, -0.05) is 0 Å². The molecule has 1 heterocycles. The summed E-state index contributed by atoms with van der Waals surface area (Å²) in [6.45, 7) is 2.58. The van der Waals surface area contributed by atoms with E-state index in [0.29, 0.717) is 12.4 Å². The highest BCUT2D eigenvalue weighted by Gasteiger charge is 1.99. The van der Waals surface area contributed by atoms with Gasteiger partial charge in [0.15, 0.2) is 0 Å². The topological polar surface area (TPSA) is 54.0 Å². The van der Waals surface area contributed by atoms with Crippen LogP contribution in [0, 0.1) is 5.82 Å². The predicted octanol–water partition coefficient (Wildman–Crippen LogP) is 0.769. The van der Waals surface area contributed by atoms with Gasteiger partial charge in [-0.15, -0.1) is 0 Å². The lowest BCUT2D eigenvalue weighted by Crippen LogP contribution is -2.29. The predicted molar refractivity (Wildman–Crippen MR) is 51.4 cm³/mol. The van der Waals surface area contributed by atoms with Crippen LogP contribution in [0.5, 0.6) is 0 Å². The third kappa shape index (κ3) is 3.38. The SMILES string of the molecule is CCNC(=O)CNc1ccc(F)cn1. The number of halogens is 1. The van der Waals surface area contributed by atoms with E-state index in [2.05, 4.69) is 15.6 Å². The van der Waals surface area contributed by atoms with Crippen molar-refractivity contribution in [2.45, 2.75) is 6.92 Å². The van der Waals surface area contributed by atoms with Crippen molar-refractivity contribution in [1.82, 2.24) is 10.3 Å². The van der Waals surface area contributed by atoms with Gasteiger partial charge in [0, 0.05) is 6.54 Å². The molecule has 0 saturated heterocycles. The van der Waals surface area contributed by atoms with Gasteiger partial charge in [0.05, 0.1) is 12.7 Å². The van der Waals surface area contributed by atoms with Crippen molar-refractivity contribution in [3.05, 3.63) is 24.1 Å². The Kier molecular flexibility index (Phi) is 3.84. The first-order valence-corrected chi connectivity index (χ1v) is 4.34. The Labute approximate surface area is 81.5 Å². The van der Waals surface area contributed by atoms with Crippen LogP contribution >= 0.6 is 0 Å². The summed E-state index contributed by atoms with van der Waals surface area (Å²) in [4.78, 5) is 14.8. The van der Waals surface area contributed by atoms with Crippen molar-refractivity contribution in [2.24, 2.45) is 0 Å². The minimum absolute atomic E-state index is 0.112. The fraction of sp³-hybridized carbons (Fsp3) is 0.333. The van der Waals surface area contributed by atoms with E-state index in [0.717, 1.165) is 6.20 Å². The van der Waals surface area contributed by atoms with Gasteiger partial charge in [-0.05, 0) is 19.1 Å². The van der Waals surface area contributed by atoms with Crippen LogP contribution in [0.1, 0.15) is 6.92 Å². The molecule has 0 spiro atoms. The summed E-state index contributed by atoms with van der Waals surface area (Å²) in [7, 11) is 0. The minimum atomic E-state index is -0.395. The number of pyridine rings is 1. The molecule has 0 aromatic carbocycles. The van der Waals surface area contributed by atoms with Gasteiger partial charge in [-0.2, -0.15) is 0 Å². The number of hydrogen-bond donors (Lipinski definition) is 2. The number of nitrogens with one attached hydrogen (secondary N) is 2. The van der Waals surface area contributed by atoms with E-state index in [1.165, 1.54) is 12.1 Å². The summed E-state index contributed by atoms with van der Waals surface area (Å²) >= 11 is 0. The molecule has 0 saturated carbocycles. The van der Waals surface area contributed by atoms with Crippen LogP contribution in [0.15, 0.2) is 18.3 Å². The van der Waals surface area contributed by atoms with Gasteiger partial charge in [-0.3, -0.25) is 4.79 Å². The number of aromatic nitrogens is 1. The maximum absolute atomic E-state index is 12.4. The fourth-order valence-electron chi connectivity index (χ4n) is 0.911. The van der Waals surface area contributed by atoms with E-state index in [1.54, 1.807) is 0 Å². The second-order valence-corrected chi connectivity index (χ2v) is 2.67. The number of nitrogens with zero attached hydrogens (tertiary/aromatic N) is 1. The number of hydrogen-bond acceptors (Lipinski definition) is 3. The van der Waals surface area contributed by atoms with Gasteiger partial charge in [0.25, 0.3) is 0 Å². The largest absolute Gasteiger partial charge is 0.361 e. The molecular formula is C9H12FN3O. The first-order valence-electron chi connectivity index (χ1n) is 4.34. The molecule has 76 valence electrons. The fourth-order valence-corrected chi connectivity index (χ4v) is 0.911. The summed E-state index contributed by atoms with van der Waals surface area (Å²) in [5, 5.41) is 5.39. The molecular weight excluding hydrogens is 185 g/mol. The highest BCUT2D eigenvalue weighted by molar-refractivity contribution is 5.80. The molecule has 14 heavy (non-hydrogen) atoms. The molecule has 5 heteroatoms. The number of anilines is 1. The molecule has 0 atom stereocenters. The van der Waals surface area contributed by atoms with E-state index in [9.17, 15) is 9.18 Å². The first-order chi connectivity index (χ1) is 6.72. The number of carbonyl (C=O) groups is 1. The first kappa shape index (κ1) is 10.4. The van der Waals surface area contributed by atoms with Gasteiger partial charge in [0.2, 0.25) is 5.91 Å². The number of rotatable bonds is 4. The zero-order chi connectivity index (χ0) is 10.4. The molecule has 2 N–H and O–H groups in total. The maximum atomic E-state index is 12.4. The molecule has 1 aromatic rings. The lowest BCUT2D eigenvalue weighted by molar-refractivity contribution is -0.119. The van der Waals surface area contributed by atoms with E-state index >= 15 is 0 Å². The van der Waals surface area contributed by atoms with Crippen molar-refractivity contribution in [2.75, 3.05) is 18.4 Å². The van der Waals surface area contributed by atoms with E-state index in [4.69, 9.17) is 0 Å². The van der Waals surface area contributed by atoms with Crippen LogP contribution in [0.4, 0.5) is 10.2 Å². The van der Waals surface area contributed by atoms with Gasteiger partial charge in [0.1, 0.15) is 11.6 Å². The van der Waals surface area contributed by atoms with Crippen LogP contribution in [0.3, 0.4) is 0 Å². The van der Waals surface area contributed by atoms with Crippen LogP contribution in [0.25, 0.3) is 0 Å². The third-order valence-corrected chi connectivity index (χ3v) is 1.53.